The van der Waals surface area contributed by atoms with Gasteiger partial charge in [0.1, 0.15) is 5.82 Å². The first-order chi connectivity index (χ1) is 14.3. The van der Waals surface area contributed by atoms with Crippen LogP contribution in [0.3, 0.4) is 0 Å². The zero-order chi connectivity index (χ0) is 21.4. The number of fused-ring (bicyclic) bond motifs is 1. The average molecular weight is 416 g/mol. The third kappa shape index (κ3) is 3.56. The van der Waals surface area contributed by atoms with Gasteiger partial charge in [-0.2, -0.15) is 19.0 Å². The number of carbonyl (C=O) groups excluding carboxylic acids is 1. The summed E-state index contributed by atoms with van der Waals surface area (Å²) in [5.41, 5.74) is 2.66. The Morgan fingerprint density at radius 3 is 2.73 bits per heavy atom. The molecule has 0 unspecified atom stereocenters. The molecule has 0 aliphatic carbocycles. The molecule has 0 aliphatic heterocycles. The summed E-state index contributed by atoms with van der Waals surface area (Å²) in [6.07, 6.45) is 3.26. The van der Waals surface area contributed by atoms with Gasteiger partial charge >= 0.3 is 6.61 Å². The number of alkyl halides is 2. The molecule has 30 heavy (non-hydrogen) atoms. The molecule has 0 saturated heterocycles. The standard InChI is InChI=1S/C19H15F3N6O2/c1-10-12(9-24-27(10)2)15-5-6-23-17-8-14(26-28(15)17)18(29)25-13-4-3-11(20)7-16(13)30-19(21)22/h3-9,19H,1-2H3,(H,25,29). The van der Waals surface area contributed by atoms with Crippen LogP contribution in [0.1, 0.15) is 16.2 Å². The number of ether oxygens (including phenoxy) is 1. The van der Waals surface area contributed by atoms with Crippen molar-refractivity contribution in [2.75, 3.05) is 5.32 Å². The first kappa shape index (κ1) is 19.4. The summed E-state index contributed by atoms with van der Waals surface area (Å²) < 4.78 is 46.0. The first-order valence-corrected chi connectivity index (χ1v) is 8.73. The van der Waals surface area contributed by atoms with Crippen LogP contribution in [0.2, 0.25) is 0 Å². The van der Waals surface area contributed by atoms with Crippen molar-refractivity contribution in [3.63, 3.8) is 0 Å². The number of anilines is 1. The van der Waals surface area contributed by atoms with Gasteiger partial charge in [-0.15, -0.1) is 0 Å². The number of benzene rings is 1. The van der Waals surface area contributed by atoms with Crippen LogP contribution in [0.15, 0.2) is 42.7 Å². The SMILES string of the molecule is Cc1c(-c2ccnc3cc(C(=O)Nc4ccc(F)cc4OC(F)F)nn23)cnn1C. The quantitative estimate of drug-likeness (QED) is 0.539. The minimum Gasteiger partial charge on any atom is -0.432 e. The maximum Gasteiger partial charge on any atom is 0.387 e. The number of nitrogens with zero attached hydrogens (tertiary/aromatic N) is 5. The lowest BCUT2D eigenvalue weighted by molar-refractivity contribution is -0.0495. The normalized spacial score (nSPS) is 11.3. The molecule has 0 aliphatic rings. The number of aromatic nitrogens is 5. The van der Waals surface area contributed by atoms with Crippen LogP contribution in [-0.2, 0) is 7.05 Å². The van der Waals surface area contributed by atoms with Crippen molar-refractivity contribution in [1.29, 1.82) is 0 Å². The smallest absolute Gasteiger partial charge is 0.387 e. The van der Waals surface area contributed by atoms with E-state index < -0.39 is 24.1 Å². The minimum absolute atomic E-state index is 0.0104. The van der Waals surface area contributed by atoms with Gasteiger partial charge in [-0.05, 0) is 25.1 Å². The molecule has 0 atom stereocenters. The highest BCUT2D eigenvalue weighted by molar-refractivity contribution is 6.04. The number of amides is 1. The van der Waals surface area contributed by atoms with Crippen molar-refractivity contribution in [2.45, 2.75) is 13.5 Å². The molecule has 1 amide bonds. The average Bonchev–Trinajstić information content (AvgIpc) is 3.27. The maximum atomic E-state index is 13.4. The van der Waals surface area contributed by atoms with Crippen molar-refractivity contribution in [1.82, 2.24) is 24.4 Å². The molecule has 3 aromatic heterocycles. The number of hydrogen-bond donors (Lipinski definition) is 1. The van der Waals surface area contributed by atoms with E-state index in [0.29, 0.717) is 11.3 Å². The van der Waals surface area contributed by atoms with Crippen molar-refractivity contribution >= 4 is 17.2 Å². The van der Waals surface area contributed by atoms with E-state index in [1.54, 1.807) is 30.2 Å². The van der Waals surface area contributed by atoms with E-state index in [2.05, 4.69) is 25.2 Å². The molecule has 11 heteroatoms. The maximum absolute atomic E-state index is 13.4. The zero-order valence-electron chi connectivity index (χ0n) is 15.8. The molecule has 0 fully saturated rings. The zero-order valence-corrected chi connectivity index (χ0v) is 15.8. The Kier molecular flexibility index (Phi) is 4.86. The lowest BCUT2D eigenvalue weighted by atomic mass is 10.2. The third-order valence-electron chi connectivity index (χ3n) is 4.51. The van der Waals surface area contributed by atoms with Crippen LogP contribution in [-0.4, -0.2) is 36.9 Å². The predicted octanol–water partition coefficient (Wildman–Crippen LogP) is 3.43. The third-order valence-corrected chi connectivity index (χ3v) is 4.51. The molecule has 0 spiro atoms. The molecular formula is C19H15F3N6O2. The van der Waals surface area contributed by atoms with Crippen LogP contribution in [0.25, 0.3) is 16.9 Å². The Morgan fingerprint density at radius 1 is 1.23 bits per heavy atom. The van der Waals surface area contributed by atoms with Crippen LogP contribution in [0.5, 0.6) is 5.75 Å². The molecule has 4 rings (SSSR count). The minimum atomic E-state index is -3.17. The van der Waals surface area contributed by atoms with Gasteiger partial charge in [-0.25, -0.2) is 13.9 Å². The lowest BCUT2D eigenvalue weighted by Crippen LogP contribution is -2.15. The Balaban J connectivity index is 1.69. The van der Waals surface area contributed by atoms with Gasteiger partial charge < -0.3 is 10.1 Å². The molecule has 4 aromatic rings. The Bertz CT molecular complexity index is 1250. The number of rotatable bonds is 5. The molecule has 8 nitrogen and oxygen atoms in total. The summed E-state index contributed by atoms with van der Waals surface area (Å²) in [6, 6.07) is 6.09. The van der Waals surface area contributed by atoms with Crippen LogP contribution in [0.4, 0.5) is 18.9 Å². The number of carbonyl (C=O) groups is 1. The van der Waals surface area contributed by atoms with Gasteiger partial charge in [-0.1, -0.05) is 0 Å². The molecule has 0 radical (unpaired) electrons. The van der Waals surface area contributed by atoms with Gasteiger partial charge in [0.2, 0.25) is 0 Å². The summed E-state index contributed by atoms with van der Waals surface area (Å²) in [6.45, 7) is -1.28. The fourth-order valence-corrected chi connectivity index (χ4v) is 2.94. The second-order valence-electron chi connectivity index (χ2n) is 6.37. The molecule has 1 aromatic carbocycles. The van der Waals surface area contributed by atoms with Crippen molar-refractivity contribution in [3.8, 4) is 17.0 Å². The highest BCUT2D eigenvalue weighted by Crippen LogP contribution is 2.28. The Labute approximate surface area is 167 Å². The van der Waals surface area contributed by atoms with Gasteiger partial charge in [0.25, 0.3) is 5.91 Å². The van der Waals surface area contributed by atoms with Crippen molar-refractivity contribution < 1.29 is 22.7 Å². The number of aryl methyl sites for hydroxylation is 1. The van der Waals surface area contributed by atoms with E-state index in [-0.39, 0.29) is 11.4 Å². The summed E-state index contributed by atoms with van der Waals surface area (Å²) in [5, 5.41) is 10.9. The molecule has 154 valence electrons. The molecule has 3 heterocycles. The van der Waals surface area contributed by atoms with Crippen molar-refractivity contribution in [2.24, 2.45) is 7.05 Å². The van der Waals surface area contributed by atoms with Gasteiger partial charge in [0.05, 0.1) is 17.6 Å². The van der Waals surface area contributed by atoms with Crippen LogP contribution in [0, 0.1) is 12.7 Å². The van der Waals surface area contributed by atoms with Crippen LogP contribution < -0.4 is 10.1 Å². The van der Waals surface area contributed by atoms with E-state index in [9.17, 15) is 18.0 Å². The fourth-order valence-electron chi connectivity index (χ4n) is 2.94. The summed E-state index contributed by atoms with van der Waals surface area (Å²) in [7, 11) is 1.81. The van der Waals surface area contributed by atoms with Gasteiger partial charge in [0, 0.05) is 36.6 Å². The molecule has 1 N–H and O–H groups in total. The second-order valence-corrected chi connectivity index (χ2v) is 6.37. The van der Waals surface area contributed by atoms with E-state index in [1.165, 1.54) is 10.6 Å². The molecule has 0 saturated carbocycles. The van der Waals surface area contributed by atoms with E-state index in [4.69, 9.17) is 0 Å². The lowest BCUT2D eigenvalue weighted by Gasteiger charge is -2.11. The van der Waals surface area contributed by atoms with Gasteiger partial charge in [0.15, 0.2) is 17.1 Å². The largest absolute Gasteiger partial charge is 0.432 e. The summed E-state index contributed by atoms with van der Waals surface area (Å²) >= 11 is 0. The predicted molar refractivity (Wildman–Crippen MR) is 101 cm³/mol. The van der Waals surface area contributed by atoms with E-state index in [0.717, 1.165) is 29.5 Å². The van der Waals surface area contributed by atoms with E-state index >= 15 is 0 Å². The molecular weight excluding hydrogens is 401 g/mol. The highest BCUT2D eigenvalue weighted by atomic mass is 19.3. The topological polar surface area (TPSA) is 86.3 Å². The highest BCUT2D eigenvalue weighted by Gasteiger charge is 2.19. The molecule has 0 bridgehead atoms. The number of halogens is 3. The van der Waals surface area contributed by atoms with Crippen LogP contribution >= 0.6 is 0 Å². The summed E-state index contributed by atoms with van der Waals surface area (Å²) in [4.78, 5) is 16.9. The Hall–Kier alpha value is -3.89. The number of hydrogen-bond acceptors (Lipinski definition) is 5. The fraction of sp³-hybridized carbons (Fsp3) is 0.158. The number of nitrogens with one attached hydrogen (secondary N) is 1. The first-order valence-electron chi connectivity index (χ1n) is 8.73. The Morgan fingerprint density at radius 2 is 2.03 bits per heavy atom. The van der Waals surface area contributed by atoms with Gasteiger partial charge in [-0.3, -0.25) is 9.48 Å². The van der Waals surface area contributed by atoms with Crippen molar-refractivity contribution in [3.05, 3.63) is 59.9 Å². The second kappa shape index (κ2) is 7.50. The summed E-state index contributed by atoms with van der Waals surface area (Å²) in [5.74, 6) is -1.97. The van der Waals surface area contributed by atoms with E-state index in [1.807, 2.05) is 6.92 Å². The monoisotopic (exact) mass is 416 g/mol.